The maximum atomic E-state index is 11.8. The zero-order chi connectivity index (χ0) is 13.0. The van der Waals surface area contributed by atoms with Crippen LogP contribution in [-0.4, -0.2) is 36.0 Å². The van der Waals surface area contributed by atoms with Gasteiger partial charge in [0.05, 0.1) is 0 Å². The van der Waals surface area contributed by atoms with Crippen molar-refractivity contribution in [3.63, 3.8) is 0 Å². The Kier molecular flexibility index (Phi) is 5.44. The summed E-state index contributed by atoms with van der Waals surface area (Å²) < 4.78 is 0. The Morgan fingerprint density at radius 1 is 1.12 bits per heavy atom. The maximum Gasteiger partial charge on any atom is 0.225 e. The number of hydrogen-bond acceptors (Lipinski definition) is 2. The molecule has 1 fully saturated rings. The molecule has 0 aromatic rings. The molecule has 0 aromatic carbocycles. The third-order valence-corrected chi connectivity index (χ3v) is 3.80. The van der Waals surface area contributed by atoms with Gasteiger partial charge >= 0.3 is 0 Å². The van der Waals surface area contributed by atoms with E-state index in [2.05, 4.69) is 26.1 Å². The number of carbonyl (C=O) groups is 1. The average molecular weight is 240 g/mol. The first-order chi connectivity index (χ1) is 7.91. The minimum atomic E-state index is 0.133. The van der Waals surface area contributed by atoms with Crippen molar-refractivity contribution in [2.75, 3.05) is 13.1 Å². The average Bonchev–Trinajstić information content (AvgIpc) is 2.28. The van der Waals surface area contributed by atoms with Crippen molar-refractivity contribution in [1.29, 1.82) is 0 Å². The van der Waals surface area contributed by atoms with E-state index in [1.165, 1.54) is 0 Å². The molecule has 0 aromatic heterocycles. The summed E-state index contributed by atoms with van der Waals surface area (Å²) in [5, 5.41) is 3.67. The van der Waals surface area contributed by atoms with E-state index >= 15 is 0 Å². The molecule has 0 radical (unpaired) electrons. The van der Waals surface area contributed by atoms with E-state index in [0.717, 1.165) is 25.9 Å². The molecule has 0 spiro atoms. The normalized spacial score (nSPS) is 20.1. The van der Waals surface area contributed by atoms with Gasteiger partial charge in [-0.15, -0.1) is 0 Å². The summed E-state index contributed by atoms with van der Waals surface area (Å²) in [6.45, 7) is 12.5. The van der Waals surface area contributed by atoms with Gasteiger partial charge in [-0.05, 0) is 25.7 Å². The molecule has 1 unspecified atom stereocenters. The van der Waals surface area contributed by atoms with E-state index in [4.69, 9.17) is 0 Å². The zero-order valence-corrected chi connectivity index (χ0v) is 12.0. The quantitative estimate of drug-likeness (QED) is 0.817. The standard InChI is InChI=1S/C14H28N2O/c1-10(2)12(5)15-13-6-8-16(9-7-13)14(17)11(3)4/h10-13,15H,6-9H2,1-5H3. The molecule has 1 aliphatic rings. The summed E-state index contributed by atoms with van der Waals surface area (Å²) in [4.78, 5) is 13.9. The van der Waals surface area contributed by atoms with Crippen molar-refractivity contribution >= 4 is 5.91 Å². The minimum absolute atomic E-state index is 0.133. The van der Waals surface area contributed by atoms with E-state index < -0.39 is 0 Å². The molecule has 3 heteroatoms. The molecule has 100 valence electrons. The second kappa shape index (κ2) is 6.39. The van der Waals surface area contributed by atoms with Gasteiger partial charge in [0, 0.05) is 31.1 Å². The van der Waals surface area contributed by atoms with Gasteiger partial charge < -0.3 is 10.2 Å². The summed E-state index contributed by atoms with van der Waals surface area (Å²) in [5.74, 6) is 1.11. The SMILES string of the molecule is CC(C)C(=O)N1CCC(NC(C)C(C)C)CC1. The Bertz CT molecular complexity index is 243. The number of hydrogen-bond donors (Lipinski definition) is 1. The van der Waals surface area contributed by atoms with Gasteiger partial charge in [-0.2, -0.15) is 0 Å². The maximum absolute atomic E-state index is 11.8. The largest absolute Gasteiger partial charge is 0.342 e. The summed E-state index contributed by atoms with van der Waals surface area (Å²) >= 11 is 0. The van der Waals surface area contributed by atoms with Crippen LogP contribution in [-0.2, 0) is 4.79 Å². The lowest BCUT2D eigenvalue weighted by atomic mass is 9.99. The molecule has 3 nitrogen and oxygen atoms in total. The van der Waals surface area contributed by atoms with Crippen LogP contribution in [0.3, 0.4) is 0 Å². The summed E-state index contributed by atoms with van der Waals surface area (Å²) in [5.41, 5.74) is 0. The third kappa shape index (κ3) is 4.30. The Labute approximate surface area is 106 Å². The number of likely N-dealkylation sites (tertiary alicyclic amines) is 1. The fraction of sp³-hybridized carbons (Fsp3) is 0.929. The molecule has 1 rings (SSSR count). The number of nitrogens with zero attached hydrogens (tertiary/aromatic N) is 1. The van der Waals surface area contributed by atoms with Gasteiger partial charge in [-0.25, -0.2) is 0 Å². The van der Waals surface area contributed by atoms with Crippen LogP contribution in [0.4, 0.5) is 0 Å². The summed E-state index contributed by atoms with van der Waals surface area (Å²) in [7, 11) is 0. The van der Waals surface area contributed by atoms with Crippen molar-refractivity contribution in [2.24, 2.45) is 11.8 Å². The number of nitrogens with one attached hydrogen (secondary N) is 1. The van der Waals surface area contributed by atoms with E-state index in [9.17, 15) is 4.79 Å². The number of piperidine rings is 1. The molecule has 1 heterocycles. The van der Waals surface area contributed by atoms with E-state index in [-0.39, 0.29) is 5.92 Å². The van der Waals surface area contributed by atoms with Crippen LogP contribution in [0.15, 0.2) is 0 Å². The lowest BCUT2D eigenvalue weighted by Crippen LogP contribution is -2.49. The molecule has 1 atom stereocenters. The third-order valence-electron chi connectivity index (χ3n) is 3.80. The van der Waals surface area contributed by atoms with Crippen molar-refractivity contribution in [3.8, 4) is 0 Å². The first-order valence-corrected chi connectivity index (χ1v) is 6.96. The second-order valence-corrected chi connectivity index (χ2v) is 5.95. The Morgan fingerprint density at radius 2 is 1.65 bits per heavy atom. The van der Waals surface area contributed by atoms with Crippen LogP contribution in [0.25, 0.3) is 0 Å². The summed E-state index contributed by atoms with van der Waals surface area (Å²) in [6.07, 6.45) is 2.19. The molecule has 17 heavy (non-hydrogen) atoms. The van der Waals surface area contributed by atoms with E-state index in [0.29, 0.717) is 23.9 Å². The molecule has 1 saturated heterocycles. The molecular weight excluding hydrogens is 212 g/mol. The molecular formula is C14H28N2O. The van der Waals surface area contributed by atoms with Crippen LogP contribution in [0.2, 0.25) is 0 Å². The molecule has 1 N–H and O–H groups in total. The lowest BCUT2D eigenvalue weighted by molar-refractivity contribution is -0.135. The highest BCUT2D eigenvalue weighted by Crippen LogP contribution is 2.15. The second-order valence-electron chi connectivity index (χ2n) is 5.95. The van der Waals surface area contributed by atoms with Crippen LogP contribution in [0.1, 0.15) is 47.5 Å². The van der Waals surface area contributed by atoms with Gasteiger partial charge in [0.1, 0.15) is 0 Å². The smallest absolute Gasteiger partial charge is 0.225 e. The molecule has 0 bridgehead atoms. The van der Waals surface area contributed by atoms with E-state index in [1.54, 1.807) is 0 Å². The molecule has 1 amide bonds. The molecule has 1 aliphatic heterocycles. The van der Waals surface area contributed by atoms with Crippen LogP contribution in [0, 0.1) is 11.8 Å². The fourth-order valence-electron chi connectivity index (χ4n) is 2.20. The van der Waals surface area contributed by atoms with Gasteiger partial charge in [-0.3, -0.25) is 4.79 Å². The van der Waals surface area contributed by atoms with Crippen molar-refractivity contribution in [1.82, 2.24) is 10.2 Å². The Hall–Kier alpha value is -0.570. The lowest BCUT2D eigenvalue weighted by Gasteiger charge is -2.35. The van der Waals surface area contributed by atoms with E-state index in [1.807, 2.05) is 18.7 Å². The van der Waals surface area contributed by atoms with Crippen LogP contribution < -0.4 is 5.32 Å². The fourth-order valence-corrected chi connectivity index (χ4v) is 2.20. The summed E-state index contributed by atoms with van der Waals surface area (Å²) in [6, 6.07) is 1.15. The van der Waals surface area contributed by atoms with Crippen molar-refractivity contribution in [3.05, 3.63) is 0 Å². The molecule has 0 saturated carbocycles. The highest BCUT2D eigenvalue weighted by molar-refractivity contribution is 5.78. The van der Waals surface area contributed by atoms with Gasteiger partial charge in [-0.1, -0.05) is 27.7 Å². The monoisotopic (exact) mass is 240 g/mol. The van der Waals surface area contributed by atoms with Gasteiger partial charge in [0.25, 0.3) is 0 Å². The highest BCUT2D eigenvalue weighted by Gasteiger charge is 2.25. The van der Waals surface area contributed by atoms with Crippen LogP contribution in [0.5, 0.6) is 0 Å². The molecule has 0 aliphatic carbocycles. The predicted octanol–water partition coefficient (Wildman–Crippen LogP) is 2.27. The first-order valence-electron chi connectivity index (χ1n) is 6.96. The van der Waals surface area contributed by atoms with Crippen molar-refractivity contribution < 1.29 is 4.79 Å². The first kappa shape index (κ1) is 14.5. The zero-order valence-electron chi connectivity index (χ0n) is 12.0. The van der Waals surface area contributed by atoms with Crippen LogP contribution >= 0.6 is 0 Å². The highest BCUT2D eigenvalue weighted by atomic mass is 16.2. The van der Waals surface area contributed by atoms with Gasteiger partial charge in [0.2, 0.25) is 5.91 Å². The minimum Gasteiger partial charge on any atom is -0.342 e. The topological polar surface area (TPSA) is 32.3 Å². The Balaban J connectivity index is 2.33. The van der Waals surface area contributed by atoms with Gasteiger partial charge in [0.15, 0.2) is 0 Å². The Morgan fingerprint density at radius 3 is 2.06 bits per heavy atom. The van der Waals surface area contributed by atoms with Crippen molar-refractivity contribution in [2.45, 2.75) is 59.5 Å². The number of carbonyl (C=O) groups excluding carboxylic acids is 1. The number of rotatable bonds is 4. The number of amides is 1. The predicted molar refractivity (Wildman–Crippen MR) is 71.9 cm³/mol.